The Balaban J connectivity index is 2.58. The largest absolute Gasteiger partial charge is 0.472 e. The molecule has 1 aliphatic rings. The van der Waals surface area contributed by atoms with Crippen molar-refractivity contribution < 1.29 is 76.9 Å². The number of aliphatic hydroxyl groups is 4. The van der Waals surface area contributed by atoms with Crippen molar-refractivity contribution in [3.63, 3.8) is 0 Å². The molecule has 18 heteroatoms. The van der Waals surface area contributed by atoms with E-state index in [1.165, 1.54) is 32.1 Å². The second-order valence-corrected chi connectivity index (χ2v) is 18.8. The summed E-state index contributed by atoms with van der Waals surface area (Å²) in [5, 5.41) is 41.0. The zero-order valence-corrected chi connectivity index (χ0v) is 37.4. The SMILES string of the molecule is CCCCC[C@H](O)/C=C/[C@@H]1[C@@H](C/C=C/CCCC(=O)OC[C@H](COP(=O)(O)OC[C@@H](O)COP(=O)(O)O)OC(=O)CCCCCCCCCCCC(C)C)[C@@H](O)C[C@H]1O. The van der Waals surface area contributed by atoms with Gasteiger partial charge < -0.3 is 44.6 Å². The standard InChI is InChI=1S/C41H76O16P2/c1-4-5-15-21-33(42)25-26-37-36(38(44)27-39(37)45)22-17-13-14-18-23-40(46)53-30-35(31-56-59(51,52)55-29-34(43)28-54-58(48,49)50)57-41(47)24-19-12-10-8-6-7-9-11-16-20-32(2)3/h13,17,25-26,32-39,42-45H,4-12,14-16,18-24,27-31H2,1-3H3,(H,51,52)(H2,48,49,50)/b17-13+,26-25+/t33-,34-,35+,36+,37+,38-,39+/m0/s1. The molecule has 0 radical (unpaired) electrons. The van der Waals surface area contributed by atoms with E-state index in [1.54, 1.807) is 6.08 Å². The van der Waals surface area contributed by atoms with Crippen LogP contribution in [0.3, 0.4) is 0 Å². The summed E-state index contributed by atoms with van der Waals surface area (Å²) in [5.74, 6) is -0.970. The van der Waals surface area contributed by atoms with Gasteiger partial charge in [-0.05, 0) is 43.9 Å². The van der Waals surface area contributed by atoms with Gasteiger partial charge >= 0.3 is 27.6 Å². The fraction of sp³-hybridized carbons (Fsp3) is 0.854. The monoisotopic (exact) mass is 886 g/mol. The first-order valence-electron chi connectivity index (χ1n) is 21.6. The molecule has 0 aromatic heterocycles. The van der Waals surface area contributed by atoms with Crippen molar-refractivity contribution in [2.45, 2.75) is 180 Å². The molecule has 0 aromatic rings. The van der Waals surface area contributed by atoms with Crippen molar-refractivity contribution in [2.24, 2.45) is 17.8 Å². The minimum atomic E-state index is -4.89. The molecule has 0 heterocycles. The molecule has 1 aliphatic carbocycles. The van der Waals surface area contributed by atoms with Crippen LogP contribution in [0.5, 0.6) is 0 Å². The second kappa shape index (κ2) is 32.2. The lowest BCUT2D eigenvalue weighted by molar-refractivity contribution is -0.161. The van der Waals surface area contributed by atoms with E-state index in [2.05, 4.69) is 29.8 Å². The van der Waals surface area contributed by atoms with E-state index in [0.29, 0.717) is 32.1 Å². The molecular weight excluding hydrogens is 810 g/mol. The summed E-state index contributed by atoms with van der Waals surface area (Å²) in [7, 11) is -9.75. The van der Waals surface area contributed by atoms with E-state index in [0.717, 1.165) is 50.9 Å². The quantitative estimate of drug-likeness (QED) is 0.0145. The lowest BCUT2D eigenvalue weighted by Crippen LogP contribution is -2.30. The van der Waals surface area contributed by atoms with Crippen molar-refractivity contribution >= 4 is 27.6 Å². The van der Waals surface area contributed by atoms with Crippen LogP contribution >= 0.6 is 15.6 Å². The van der Waals surface area contributed by atoms with E-state index < -0.39 is 84.5 Å². The maximum atomic E-state index is 12.7. The van der Waals surface area contributed by atoms with Gasteiger partial charge in [-0.15, -0.1) is 0 Å². The summed E-state index contributed by atoms with van der Waals surface area (Å²) < 4.78 is 47.7. The Bertz CT molecular complexity index is 1270. The van der Waals surface area contributed by atoms with Gasteiger partial charge in [-0.25, -0.2) is 9.13 Å². The average molecular weight is 887 g/mol. The van der Waals surface area contributed by atoms with Gasteiger partial charge in [0.15, 0.2) is 6.10 Å². The number of ether oxygens (including phenoxy) is 2. The molecule has 7 N–H and O–H groups in total. The van der Waals surface area contributed by atoms with Gasteiger partial charge in [0, 0.05) is 25.2 Å². The zero-order chi connectivity index (χ0) is 44.1. The molecule has 16 nitrogen and oxygen atoms in total. The molecule has 346 valence electrons. The van der Waals surface area contributed by atoms with Crippen LogP contribution in [0.2, 0.25) is 0 Å². The van der Waals surface area contributed by atoms with Crippen molar-refractivity contribution in [3.8, 4) is 0 Å². The number of carbonyl (C=O) groups is 2. The molecule has 0 amide bonds. The number of phosphoric acid groups is 2. The van der Waals surface area contributed by atoms with Crippen molar-refractivity contribution in [3.05, 3.63) is 24.3 Å². The minimum Gasteiger partial charge on any atom is -0.462 e. The fourth-order valence-electron chi connectivity index (χ4n) is 6.70. The van der Waals surface area contributed by atoms with Gasteiger partial charge in [-0.1, -0.05) is 122 Å². The molecule has 59 heavy (non-hydrogen) atoms. The molecule has 1 fully saturated rings. The first-order chi connectivity index (χ1) is 27.9. The van der Waals surface area contributed by atoms with E-state index in [4.69, 9.17) is 23.8 Å². The Hall–Kier alpha value is -1.52. The number of unbranched alkanes of at least 4 members (excludes halogenated alkanes) is 11. The molecule has 0 aliphatic heterocycles. The fourth-order valence-corrected chi connectivity index (χ4v) is 7.86. The van der Waals surface area contributed by atoms with Gasteiger partial charge in [0.1, 0.15) is 12.7 Å². The van der Waals surface area contributed by atoms with Crippen molar-refractivity contribution in [2.75, 3.05) is 26.4 Å². The number of hydrogen-bond acceptors (Lipinski definition) is 13. The summed E-state index contributed by atoms with van der Waals surface area (Å²) in [6.07, 6.45) is 18.6. The third-order valence-electron chi connectivity index (χ3n) is 10.1. The van der Waals surface area contributed by atoms with Gasteiger partial charge in [-0.3, -0.25) is 23.2 Å². The molecule has 0 bridgehead atoms. The summed E-state index contributed by atoms with van der Waals surface area (Å²) in [6, 6.07) is 0. The highest BCUT2D eigenvalue weighted by molar-refractivity contribution is 7.47. The minimum absolute atomic E-state index is 0.0199. The highest BCUT2D eigenvalue weighted by Crippen LogP contribution is 2.44. The molecule has 0 spiro atoms. The third kappa shape index (κ3) is 30.2. The van der Waals surface area contributed by atoms with Gasteiger partial charge in [-0.2, -0.15) is 0 Å². The Labute approximate surface area is 352 Å². The van der Waals surface area contributed by atoms with Crippen LogP contribution < -0.4 is 0 Å². The van der Waals surface area contributed by atoms with Crippen molar-refractivity contribution in [1.29, 1.82) is 0 Å². The van der Waals surface area contributed by atoms with E-state index >= 15 is 0 Å². The second-order valence-electron chi connectivity index (χ2n) is 16.1. The Kier molecular flexibility index (Phi) is 30.3. The number of phosphoric ester groups is 2. The number of aliphatic hydroxyl groups excluding tert-OH is 4. The van der Waals surface area contributed by atoms with Gasteiger partial charge in [0.2, 0.25) is 0 Å². The normalized spacial score (nSPS) is 21.3. The molecule has 1 rings (SSSR count). The first kappa shape index (κ1) is 55.5. The smallest absolute Gasteiger partial charge is 0.462 e. The number of hydrogen-bond donors (Lipinski definition) is 7. The zero-order valence-electron chi connectivity index (χ0n) is 35.6. The van der Waals surface area contributed by atoms with Crippen LogP contribution in [-0.4, -0.2) is 104 Å². The molecule has 1 saturated carbocycles. The van der Waals surface area contributed by atoms with E-state index in [-0.39, 0.29) is 31.1 Å². The van der Waals surface area contributed by atoms with Crippen LogP contribution in [0.4, 0.5) is 0 Å². The Morgan fingerprint density at radius 1 is 0.712 bits per heavy atom. The highest BCUT2D eigenvalue weighted by Gasteiger charge is 2.39. The van der Waals surface area contributed by atoms with E-state index in [9.17, 15) is 44.0 Å². The summed E-state index contributed by atoms with van der Waals surface area (Å²) in [5.41, 5.74) is 0. The highest BCUT2D eigenvalue weighted by atomic mass is 31.2. The lowest BCUT2D eigenvalue weighted by Gasteiger charge is -2.20. The van der Waals surface area contributed by atoms with Gasteiger partial charge in [0.25, 0.3) is 0 Å². The maximum Gasteiger partial charge on any atom is 0.472 e. The van der Waals surface area contributed by atoms with Crippen LogP contribution in [0.25, 0.3) is 0 Å². The third-order valence-corrected chi connectivity index (χ3v) is 11.5. The molecule has 1 unspecified atom stereocenters. The van der Waals surface area contributed by atoms with Crippen LogP contribution in [0.1, 0.15) is 149 Å². The predicted octanol–water partition coefficient (Wildman–Crippen LogP) is 6.96. The van der Waals surface area contributed by atoms with Crippen molar-refractivity contribution in [1.82, 2.24) is 0 Å². The molecule has 8 atom stereocenters. The van der Waals surface area contributed by atoms with Crippen LogP contribution in [-0.2, 0) is 41.8 Å². The number of rotatable bonds is 36. The Morgan fingerprint density at radius 3 is 1.95 bits per heavy atom. The molecule has 0 aromatic carbocycles. The predicted molar refractivity (Wildman–Crippen MR) is 223 cm³/mol. The lowest BCUT2D eigenvalue weighted by atomic mass is 9.89. The van der Waals surface area contributed by atoms with Crippen LogP contribution in [0.15, 0.2) is 24.3 Å². The van der Waals surface area contributed by atoms with Crippen LogP contribution in [0, 0.1) is 17.8 Å². The topological polar surface area (TPSA) is 256 Å². The number of carbonyl (C=O) groups excluding carboxylic acids is 2. The average Bonchev–Trinajstić information content (AvgIpc) is 3.43. The molecule has 0 saturated heterocycles. The summed E-state index contributed by atoms with van der Waals surface area (Å²) >= 11 is 0. The summed E-state index contributed by atoms with van der Waals surface area (Å²) in [4.78, 5) is 52.8. The number of allylic oxidation sites excluding steroid dienone is 2. The first-order valence-corrected chi connectivity index (χ1v) is 24.7. The molecular formula is C41H76O16P2. The summed E-state index contributed by atoms with van der Waals surface area (Å²) in [6.45, 7) is 3.64. The maximum absolute atomic E-state index is 12.7. The number of esters is 2. The Morgan fingerprint density at radius 2 is 1.31 bits per heavy atom. The van der Waals surface area contributed by atoms with Gasteiger partial charge in [0.05, 0.1) is 38.1 Å². The van der Waals surface area contributed by atoms with E-state index in [1.807, 2.05) is 18.2 Å².